The van der Waals surface area contributed by atoms with Crippen molar-refractivity contribution in [3.05, 3.63) is 22.4 Å². The Balaban J connectivity index is 3.32. The van der Waals surface area contributed by atoms with Crippen molar-refractivity contribution < 1.29 is 17.5 Å². The van der Waals surface area contributed by atoms with Gasteiger partial charge in [0.2, 0.25) is 10.0 Å². The molecule has 0 aromatic heterocycles. The molecule has 0 amide bonds. The number of methoxy groups -OCH3 is 1. The number of hydrogen-bond donors (Lipinski definition) is 0. The van der Waals surface area contributed by atoms with Crippen LogP contribution in [-0.2, 0) is 10.0 Å². The Hall–Kier alpha value is -0.820. The molecular weight excluding hydrogens is 325 g/mol. The molecule has 0 N–H and O–H groups in total. The van der Waals surface area contributed by atoms with Crippen LogP contribution >= 0.6 is 15.9 Å². The van der Waals surface area contributed by atoms with Gasteiger partial charge in [0.15, 0.2) is 11.6 Å². The smallest absolute Gasteiger partial charge is 0.235 e. The molecule has 0 bridgehead atoms. The highest BCUT2D eigenvalue weighted by Gasteiger charge is 2.23. The van der Waals surface area contributed by atoms with Crippen LogP contribution in [0.25, 0.3) is 0 Å². The number of nitrogens with zero attached hydrogens (tertiary/aromatic N) is 1. The van der Waals surface area contributed by atoms with Crippen LogP contribution < -0.4 is 9.04 Å². The van der Waals surface area contributed by atoms with E-state index in [0.29, 0.717) is 10.9 Å². The lowest BCUT2D eigenvalue weighted by Crippen LogP contribution is -2.29. The van der Waals surface area contributed by atoms with Gasteiger partial charge in [0, 0.05) is 11.5 Å². The first-order valence-electron chi connectivity index (χ1n) is 5.33. The van der Waals surface area contributed by atoms with E-state index in [1.165, 1.54) is 26.3 Å². The van der Waals surface area contributed by atoms with Gasteiger partial charge in [-0.3, -0.25) is 4.31 Å². The number of benzene rings is 1. The third-order valence-electron chi connectivity index (χ3n) is 2.41. The van der Waals surface area contributed by atoms with Crippen molar-refractivity contribution in [2.75, 3.05) is 24.2 Å². The van der Waals surface area contributed by atoms with Crippen molar-refractivity contribution >= 4 is 31.6 Å². The first-order valence-corrected chi connectivity index (χ1v) is 7.73. The molecule has 0 aliphatic heterocycles. The van der Waals surface area contributed by atoms with Gasteiger partial charge in [-0.1, -0.05) is 22.9 Å². The van der Waals surface area contributed by atoms with E-state index in [1.807, 2.05) is 0 Å². The van der Waals surface area contributed by atoms with Crippen LogP contribution in [0.15, 0.2) is 16.6 Å². The Bertz CT molecular complexity index is 533. The predicted octanol–water partition coefficient (Wildman–Crippen LogP) is 2.77. The first-order chi connectivity index (χ1) is 8.33. The highest BCUT2D eigenvalue weighted by molar-refractivity contribution is 9.10. The second kappa shape index (κ2) is 5.88. The average Bonchev–Trinajstić information content (AvgIpc) is 2.27. The monoisotopic (exact) mass is 339 g/mol. The Labute approximate surface area is 115 Å². The Morgan fingerprint density at radius 1 is 1.44 bits per heavy atom. The van der Waals surface area contributed by atoms with Gasteiger partial charge in [0.05, 0.1) is 18.6 Å². The van der Waals surface area contributed by atoms with Crippen molar-refractivity contribution in [1.29, 1.82) is 0 Å². The number of sulfonamides is 1. The predicted molar refractivity (Wildman–Crippen MR) is 73.1 cm³/mol. The van der Waals surface area contributed by atoms with Crippen LogP contribution in [0.5, 0.6) is 5.75 Å². The molecule has 1 aromatic rings. The average molecular weight is 340 g/mol. The van der Waals surface area contributed by atoms with E-state index in [1.54, 1.807) is 6.92 Å². The molecule has 7 heteroatoms. The van der Waals surface area contributed by atoms with Crippen molar-refractivity contribution in [3.8, 4) is 5.75 Å². The summed E-state index contributed by atoms with van der Waals surface area (Å²) in [6.45, 7) is 1.77. The number of halogens is 2. The highest BCUT2D eigenvalue weighted by atomic mass is 79.9. The Morgan fingerprint density at radius 3 is 2.56 bits per heavy atom. The Morgan fingerprint density at radius 2 is 2.06 bits per heavy atom. The second-order valence-electron chi connectivity index (χ2n) is 3.72. The van der Waals surface area contributed by atoms with Crippen molar-refractivity contribution in [3.63, 3.8) is 0 Å². The minimum Gasteiger partial charge on any atom is -0.492 e. The molecule has 4 nitrogen and oxygen atoms in total. The van der Waals surface area contributed by atoms with Gasteiger partial charge in [-0.15, -0.1) is 0 Å². The summed E-state index contributed by atoms with van der Waals surface area (Å²) in [7, 11) is -0.778. The van der Waals surface area contributed by atoms with Gasteiger partial charge >= 0.3 is 0 Å². The van der Waals surface area contributed by atoms with Crippen LogP contribution in [0.1, 0.15) is 13.3 Å². The maximum Gasteiger partial charge on any atom is 0.235 e. The first kappa shape index (κ1) is 15.2. The SMILES string of the molecule is CCCS(=O)(=O)N(C)c1cc(Br)cc(F)c1OC. The molecule has 0 unspecified atom stereocenters. The zero-order valence-electron chi connectivity index (χ0n) is 10.4. The highest BCUT2D eigenvalue weighted by Crippen LogP contribution is 2.35. The third kappa shape index (κ3) is 3.14. The molecule has 0 aliphatic carbocycles. The maximum absolute atomic E-state index is 13.7. The molecule has 0 aliphatic rings. The van der Waals surface area contributed by atoms with E-state index in [2.05, 4.69) is 15.9 Å². The molecule has 0 saturated carbocycles. The van der Waals surface area contributed by atoms with Gasteiger partial charge in [0.25, 0.3) is 0 Å². The molecule has 18 heavy (non-hydrogen) atoms. The largest absolute Gasteiger partial charge is 0.492 e. The third-order valence-corrected chi connectivity index (χ3v) is 4.82. The van der Waals surface area contributed by atoms with Crippen LogP contribution in [0.3, 0.4) is 0 Å². The summed E-state index contributed by atoms with van der Waals surface area (Å²) in [5, 5.41) is 0. The lowest BCUT2D eigenvalue weighted by molar-refractivity contribution is 0.387. The second-order valence-corrected chi connectivity index (χ2v) is 6.76. The molecule has 0 fully saturated rings. The lowest BCUT2D eigenvalue weighted by Gasteiger charge is -2.22. The van der Waals surface area contributed by atoms with Crippen molar-refractivity contribution in [2.24, 2.45) is 0 Å². The van der Waals surface area contributed by atoms with E-state index in [0.717, 1.165) is 4.31 Å². The number of anilines is 1. The van der Waals surface area contributed by atoms with E-state index >= 15 is 0 Å². The molecular formula is C11H15BrFNO3S. The normalized spacial score (nSPS) is 11.4. The van der Waals surface area contributed by atoms with E-state index < -0.39 is 15.8 Å². The summed E-state index contributed by atoms with van der Waals surface area (Å²) in [5.74, 6) is -0.693. The topological polar surface area (TPSA) is 46.6 Å². The molecule has 0 heterocycles. The fourth-order valence-corrected chi connectivity index (χ4v) is 3.17. The summed E-state index contributed by atoms with van der Waals surface area (Å²) in [6, 6.07) is 2.73. The summed E-state index contributed by atoms with van der Waals surface area (Å²) >= 11 is 3.13. The van der Waals surface area contributed by atoms with Crippen molar-refractivity contribution in [1.82, 2.24) is 0 Å². The van der Waals surface area contributed by atoms with Crippen LogP contribution in [-0.4, -0.2) is 28.3 Å². The molecule has 1 aromatic carbocycles. The standard InChI is InChI=1S/C11H15BrFNO3S/c1-4-5-18(15,16)14(2)10-7-8(12)6-9(13)11(10)17-3/h6-7H,4-5H2,1-3H3. The molecule has 0 atom stereocenters. The number of ether oxygens (including phenoxy) is 1. The van der Waals surface area contributed by atoms with Crippen LogP contribution in [0.4, 0.5) is 10.1 Å². The fourth-order valence-electron chi connectivity index (χ4n) is 1.53. The number of rotatable bonds is 5. The zero-order valence-corrected chi connectivity index (χ0v) is 12.8. The van der Waals surface area contributed by atoms with Gasteiger partial charge in [-0.25, -0.2) is 12.8 Å². The van der Waals surface area contributed by atoms with Gasteiger partial charge < -0.3 is 4.74 Å². The van der Waals surface area contributed by atoms with Crippen LogP contribution in [0.2, 0.25) is 0 Å². The minimum absolute atomic E-state index is 0.000780. The molecule has 0 spiro atoms. The Kier molecular flexibility index (Phi) is 4.98. The molecule has 0 radical (unpaired) electrons. The molecule has 0 saturated heterocycles. The lowest BCUT2D eigenvalue weighted by atomic mass is 10.3. The van der Waals surface area contributed by atoms with Gasteiger partial charge in [0.1, 0.15) is 0 Å². The summed E-state index contributed by atoms with van der Waals surface area (Å²) in [5.41, 5.74) is 0.179. The quantitative estimate of drug-likeness (QED) is 0.828. The van der Waals surface area contributed by atoms with Crippen molar-refractivity contribution in [2.45, 2.75) is 13.3 Å². The molecule has 1 rings (SSSR count). The van der Waals surface area contributed by atoms with Gasteiger partial charge in [-0.2, -0.15) is 0 Å². The van der Waals surface area contributed by atoms with E-state index in [4.69, 9.17) is 4.74 Å². The summed E-state index contributed by atoms with van der Waals surface area (Å²) < 4.78 is 44.0. The molecule has 102 valence electrons. The number of hydrogen-bond acceptors (Lipinski definition) is 3. The fraction of sp³-hybridized carbons (Fsp3) is 0.455. The van der Waals surface area contributed by atoms with E-state index in [-0.39, 0.29) is 17.2 Å². The van der Waals surface area contributed by atoms with Crippen LogP contribution in [0, 0.1) is 5.82 Å². The van der Waals surface area contributed by atoms with E-state index in [9.17, 15) is 12.8 Å². The summed E-state index contributed by atoms with van der Waals surface area (Å²) in [4.78, 5) is 0. The minimum atomic E-state index is -3.46. The van der Waals surface area contributed by atoms with Gasteiger partial charge in [-0.05, 0) is 18.6 Å². The zero-order chi connectivity index (χ0) is 13.9. The summed E-state index contributed by atoms with van der Waals surface area (Å²) in [6.07, 6.45) is 0.492. The maximum atomic E-state index is 13.7.